The van der Waals surface area contributed by atoms with Gasteiger partial charge in [-0.05, 0) is 39.7 Å². The van der Waals surface area contributed by atoms with Crippen LogP contribution in [0.4, 0.5) is 0 Å². The van der Waals surface area contributed by atoms with Gasteiger partial charge in [-0.2, -0.15) is 5.26 Å². The normalized spacial score (nSPS) is 12.1. The van der Waals surface area contributed by atoms with E-state index in [0.717, 1.165) is 15.2 Å². The Bertz CT molecular complexity index is 559. The average Bonchev–Trinajstić information content (AvgIpc) is 2.33. The van der Waals surface area contributed by atoms with Gasteiger partial charge in [0.15, 0.2) is 6.10 Å². The fraction of sp³-hybridized carbons (Fsp3) is 0.154. The first-order valence-corrected chi connectivity index (χ1v) is 5.75. The third kappa shape index (κ3) is 2.02. The van der Waals surface area contributed by atoms with Crippen molar-refractivity contribution in [1.82, 2.24) is 0 Å². The quantitative estimate of drug-likeness (QED) is 0.833. The van der Waals surface area contributed by atoms with Gasteiger partial charge in [0.2, 0.25) is 0 Å². The molecule has 2 rings (SSSR count). The second-order valence-corrected chi connectivity index (χ2v) is 4.28. The van der Waals surface area contributed by atoms with E-state index in [1.54, 1.807) is 6.92 Å². The maximum Gasteiger partial charge on any atom is 0.181 e. The summed E-state index contributed by atoms with van der Waals surface area (Å²) < 4.78 is 6.39. The highest BCUT2D eigenvalue weighted by atomic mass is 79.9. The van der Waals surface area contributed by atoms with Gasteiger partial charge in [-0.15, -0.1) is 0 Å². The number of halogens is 1. The maximum absolute atomic E-state index is 8.71. The summed E-state index contributed by atoms with van der Waals surface area (Å²) in [6, 6.07) is 13.9. The molecule has 0 saturated carbocycles. The molecule has 3 heteroatoms. The zero-order valence-corrected chi connectivity index (χ0v) is 10.4. The molecule has 0 aliphatic rings. The topological polar surface area (TPSA) is 33.0 Å². The third-order valence-corrected chi connectivity index (χ3v) is 3.13. The molecule has 0 saturated heterocycles. The number of fused-ring (bicyclic) bond motifs is 1. The molecule has 1 atom stereocenters. The number of nitriles is 1. The number of ether oxygens (including phenoxy) is 1. The molecule has 0 spiro atoms. The monoisotopic (exact) mass is 275 g/mol. The van der Waals surface area contributed by atoms with Crippen LogP contribution in [-0.2, 0) is 0 Å². The summed E-state index contributed by atoms with van der Waals surface area (Å²) in [7, 11) is 0. The fourth-order valence-electron chi connectivity index (χ4n) is 1.52. The molecular formula is C13H10BrNO. The molecule has 0 amide bonds. The van der Waals surface area contributed by atoms with Gasteiger partial charge in [0.05, 0.1) is 4.47 Å². The van der Waals surface area contributed by atoms with E-state index in [1.807, 2.05) is 42.5 Å². The van der Waals surface area contributed by atoms with Crippen molar-refractivity contribution in [2.75, 3.05) is 0 Å². The van der Waals surface area contributed by atoms with E-state index in [0.29, 0.717) is 5.75 Å². The van der Waals surface area contributed by atoms with Crippen molar-refractivity contribution in [2.45, 2.75) is 13.0 Å². The Balaban J connectivity index is 2.49. The van der Waals surface area contributed by atoms with Crippen LogP contribution in [0.2, 0.25) is 0 Å². The molecule has 16 heavy (non-hydrogen) atoms. The molecule has 0 radical (unpaired) electrons. The van der Waals surface area contributed by atoms with Crippen molar-refractivity contribution in [3.63, 3.8) is 0 Å². The Labute approximate surface area is 103 Å². The van der Waals surface area contributed by atoms with Gasteiger partial charge in [-0.25, -0.2) is 0 Å². The summed E-state index contributed by atoms with van der Waals surface area (Å²) >= 11 is 3.51. The summed E-state index contributed by atoms with van der Waals surface area (Å²) in [5.41, 5.74) is 0. The lowest BCUT2D eigenvalue weighted by molar-refractivity contribution is 0.275. The van der Waals surface area contributed by atoms with Crippen molar-refractivity contribution in [2.24, 2.45) is 0 Å². The Morgan fingerprint density at radius 3 is 2.75 bits per heavy atom. The lowest BCUT2D eigenvalue weighted by Gasteiger charge is -2.11. The number of benzene rings is 2. The Kier molecular flexibility index (Phi) is 3.12. The minimum absolute atomic E-state index is 0.447. The summed E-state index contributed by atoms with van der Waals surface area (Å²) in [6.45, 7) is 1.72. The van der Waals surface area contributed by atoms with Crippen molar-refractivity contribution < 1.29 is 4.74 Å². The van der Waals surface area contributed by atoms with Gasteiger partial charge in [-0.3, -0.25) is 0 Å². The molecule has 2 aromatic rings. The molecule has 0 aromatic heterocycles. The van der Waals surface area contributed by atoms with Crippen LogP contribution in [-0.4, -0.2) is 6.10 Å². The number of hydrogen-bond acceptors (Lipinski definition) is 2. The van der Waals surface area contributed by atoms with E-state index in [-0.39, 0.29) is 0 Å². The molecule has 1 unspecified atom stereocenters. The molecule has 2 aromatic carbocycles. The number of hydrogen-bond donors (Lipinski definition) is 0. The van der Waals surface area contributed by atoms with Crippen LogP contribution in [0.1, 0.15) is 6.92 Å². The second-order valence-electron chi connectivity index (χ2n) is 3.49. The third-order valence-electron chi connectivity index (χ3n) is 2.31. The first-order chi connectivity index (χ1) is 7.72. The van der Waals surface area contributed by atoms with E-state index < -0.39 is 6.10 Å². The zero-order valence-electron chi connectivity index (χ0n) is 8.77. The molecular weight excluding hydrogens is 266 g/mol. The molecule has 0 aliphatic heterocycles. The van der Waals surface area contributed by atoms with Crippen LogP contribution in [0.15, 0.2) is 40.9 Å². The first kappa shape index (κ1) is 11.0. The highest BCUT2D eigenvalue weighted by Gasteiger charge is 2.08. The summed E-state index contributed by atoms with van der Waals surface area (Å²) in [4.78, 5) is 0. The number of rotatable bonds is 2. The average molecular weight is 276 g/mol. The lowest BCUT2D eigenvalue weighted by Crippen LogP contribution is -2.08. The van der Waals surface area contributed by atoms with Crippen molar-refractivity contribution >= 4 is 26.7 Å². The molecule has 0 N–H and O–H groups in total. The van der Waals surface area contributed by atoms with Gasteiger partial charge in [0.25, 0.3) is 0 Å². The molecule has 0 fully saturated rings. The molecule has 0 heterocycles. The first-order valence-electron chi connectivity index (χ1n) is 4.96. The fourth-order valence-corrected chi connectivity index (χ4v) is 2.11. The SMILES string of the molecule is CC(C#N)Oc1ccc2ccccc2c1Br. The van der Waals surface area contributed by atoms with E-state index in [9.17, 15) is 0 Å². The minimum atomic E-state index is -0.447. The van der Waals surface area contributed by atoms with E-state index in [2.05, 4.69) is 15.9 Å². The summed E-state index contributed by atoms with van der Waals surface area (Å²) in [5.74, 6) is 0.702. The Morgan fingerprint density at radius 1 is 1.25 bits per heavy atom. The largest absolute Gasteiger partial charge is 0.475 e. The van der Waals surface area contributed by atoms with Crippen LogP contribution in [0.25, 0.3) is 10.8 Å². The summed E-state index contributed by atoms with van der Waals surface area (Å²) in [6.07, 6.45) is -0.447. The number of nitrogens with zero attached hydrogens (tertiary/aromatic N) is 1. The van der Waals surface area contributed by atoms with Crippen molar-refractivity contribution in [3.8, 4) is 11.8 Å². The molecule has 2 nitrogen and oxygen atoms in total. The van der Waals surface area contributed by atoms with Crippen LogP contribution in [0.3, 0.4) is 0 Å². The molecule has 0 bridgehead atoms. The van der Waals surface area contributed by atoms with Gasteiger partial charge < -0.3 is 4.74 Å². The highest BCUT2D eigenvalue weighted by molar-refractivity contribution is 9.10. The highest BCUT2D eigenvalue weighted by Crippen LogP contribution is 2.33. The molecule has 0 aliphatic carbocycles. The van der Waals surface area contributed by atoms with Crippen LogP contribution in [0, 0.1) is 11.3 Å². The van der Waals surface area contributed by atoms with Crippen molar-refractivity contribution in [3.05, 3.63) is 40.9 Å². The van der Waals surface area contributed by atoms with E-state index >= 15 is 0 Å². The van der Waals surface area contributed by atoms with Gasteiger partial charge in [-0.1, -0.05) is 30.3 Å². The Hall–Kier alpha value is -1.53. The lowest BCUT2D eigenvalue weighted by atomic mass is 10.1. The van der Waals surface area contributed by atoms with E-state index in [4.69, 9.17) is 10.00 Å². The van der Waals surface area contributed by atoms with Crippen LogP contribution < -0.4 is 4.74 Å². The van der Waals surface area contributed by atoms with Gasteiger partial charge >= 0.3 is 0 Å². The van der Waals surface area contributed by atoms with Crippen LogP contribution in [0.5, 0.6) is 5.75 Å². The van der Waals surface area contributed by atoms with Crippen molar-refractivity contribution in [1.29, 1.82) is 5.26 Å². The predicted octanol–water partition coefficient (Wildman–Crippen LogP) is 3.89. The van der Waals surface area contributed by atoms with Crippen LogP contribution >= 0.6 is 15.9 Å². The maximum atomic E-state index is 8.71. The van der Waals surface area contributed by atoms with Gasteiger partial charge in [0, 0.05) is 0 Å². The summed E-state index contributed by atoms with van der Waals surface area (Å²) in [5, 5.41) is 10.9. The van der Waals surface area contributed by atoms with E-state index in [1.165, 1.54) is 0 Å². The predicted molar refractivity (Wildman–Crippen MR) is 67.4 cm³/mol. The zero-order chi connectivity index (χ0) is 11.5. The smallest absolute Gasteiger partial charge is 0.181 e. The molecule has 80 valence electrons. The standard InChI is InChI=1S/C13H10BrNO/c1-9(8-15)16-12-7-6-10-4-2-3-5-11(10)13(12)14/h2-7,9H,1H3. The Morgan fingerprint density at radius 2 is 2.00 bits per heavy atom. The minimum Gasteiger partial charge on any atom is -0.475 e. The van der Waals surface area contributed by atoms with Gasteiger partial charge in [0.1, 0.15) is 11.8 Å². The second kappa shape index (κ2) is 4.54.